The number of carbonyl (C=O) groups is 9. The van der Waals surface area contributed by atoms with Crippen molar-refractivity contribution in [2.24, 2.45) is 29.2 Å². The molecular formula is C40H55N11O12S. The predicted octanol–water partition coefficient (Wildman–Crippen LogP) is -3.95. The summed E-state index contributed by atoms with van der Waals surface area (Å²) in [4.78, 5) is 124. The number of aromatic nitrogens is 1. The van der Waals surface area contributed by atoms with Gasteiger partial charge in [-0.15, -0.1) is 11.8 Å². The maximum Gasteiger partial charge on any atom is 0.326 e. The topological polar surface area (TPSA) is 381 Å². The molecule has 4 rings (SSSR count). The lowest BCUT2D eigenvalue weighted by Crippen LogP contribution is -2.58. The molecule has 0 unspecified atom stereocenters. The minimum Gasteiger partial charge on any atom is -0.480 e. The maximum absolute atomic E-state index is 14.2. The number of likely N-dealkylation sites (tertiary alicyclic amines) is 1. The summed E-state index contributed by atoms with van der Waals surface area (Å²) in [6.45, 7) is 2.54. The van der Waals surface area contributed by atoms with Gasteiger partial charge in [0.05, 0.1) is 55.3 Å². The molecule has 0 saturated carbocycles. The van der Waals surface area contributed by atoms with Crippen LogP contribution in [0.25, 0.3) is 10.9 Å². The second-order valence-electron chi connectivity index (χ2n) is 15.8. The van der Waals surface area contributed by atoms with Crippen LogP contribution in [-0.2, 0) is 49.6 Å². The molecular weight excluding hydrogens is 859 g/mol. The maximum atomic E-state index is 14.2. The monoisotopic (exact) mass is 913 g/mol. The molecule has 1 aromatic carbocycles. The van der Waals surface area contributed by atoms with Gasteiger partial charge in [-0.05, 0) is 24.0 Å². The number of para-hydroxylation sites is 1. The first-order valence-corrected chi connectivity index (χ1v) is 21.5. The van der Waals surface area contributed by atoms with E-state index in [0.717, 1.165) is 16.7 Å². The Bertz CT molecular complexity index is 2150. The second kappa shape index (κ2) is 22.9. The number of benzene rings is 1. The zero-order chi connectivity index (χ0) is 47.4. The number of amides is 8. The van der Waals surface area contributed by atoms with Crippen LogP contribution in [0.4, 0.5) is 0 Å². The highest BCUT2D eigenvalue weighted by Gasteiger charge is 2.43. The van der Waals surface area contributed by atoms with E-state index in [1.807, 2.05) is 6.07 Å². The first-order valence-electron chi connectivity index (χ1n) is 20.5. The lowest BCUT2D eigenvalue weighted by Gasteiger charge is -2.28. The number of carbonyl (C=O) groups excluding carboxylic acids is 8. The molecule has 0 aliphatic carbocycles. The Labute approximate surface area is 371 Å². The number of nitrogens with one attached hydrogen (secondary N) is 7. The standard InChI is InChI=1S/C40H55N11O12S/c1-4-18(2)33-37(60)45-13-30(55)46-26(35(58)48-25(11-29(42)54)39(61)51-15-20(12-41)9-27(51)40(62)63)17-64-38-22(21-7-5-6-8-23(21)49-38)10-24(34(57)44-14-31(56)50-33)47-36(59)32(43)19(3)28(53)16-52/h5-8,18-20,24-28,32-33,49,52-53H,4,9-11,13-17,43H2,1-3H3,(H2,42,54)(H,44,57)(H,45,60)(H,46,55)(H,47,59)(H,48,58)(H,50,56)(H,62,63)/t18-,19-,20-,24-,25-,26-,27-,28-,32-,33-/m0/s1. The number of aromatic amines is 1. The molecule has 3 heterocycles. The van der Waals surface area contributed by atoms with Crippen LogP contribution in [0.1, 0.15) is 45.6 Å². The van der Waals surface area contributed by atoms with Gasteiger partial charge in [-0.1, -0.05) is 45.4 Å². The molecule has 0 bridgehead atoms. The summed E-state index contributed by atoms with van der Waals surface area (Å²) in [7, 11) is 0. The highest BCUT2D eigenvalue weighted by molar-refractivity contribution is 7.99. The van der Waals surface area contributed by atoms with Crippen molar-refractivity contribution in [1.29, 1.82) is 5.26 Å². The number of nitrogens with zero attached hydrogens (tertiary/aromatic N) is 2. The van der Waals surface area contributed by atoms with E-state index in [1.165, 1.54) is 6.92 Å². The fourth-order valence-corrected chi connectivity index (χ4v) is 8.31. The fraction of sp³-hybridized carbons (Fsp3) is 0.550. The number of H-pyrrole nitrogens is 1. The summed E-state index contributed by atoms with van der Waals surface area (Å²) in [5, 5.41) is 54.8. The summed E-state index contributed by atoms with van der Waals surface area (Å²) in [5.74, 6) is -11.2. The average molecular weight is 914 g/mol. The van der Waals surface area contributed by atoms with E-state index >= 15 is 0 Å². The summed E-state index contributed by atoms with van der Waals surface area (Å²) in [6.07, 6.45) is -2.21. The van der Waals surface area contributed by atoms with Crippen molar-refractivity contribution in [2.75, 3.05) is 32.0 Å². The molecule has 24 heteroatoms. The number of carboxylic acid groups (broad SMARTS) is 1. The van der Waals surface area contributed by atoms with Crippen molar-refractivity contribution >= 4 is 75.9 Å². The van der Waals surface area contributed by atoms with Gasteiger partial charge in [0.25, 0.3) is 0 Å². The van der Waals surface area contributed by atoms with E-state index in [1.54, 1.807) is 38.1 Å². The van der Waals surface area contributed by atoms with Crippen LogP contribution in [0.15, 0.2) is 29.3 Å². The molecule has 64 heavy (non-hydrogen) atoms. The molecule has 0 radical (unpaired) electrons. The third-order valence-electron chi connectivity index (χ3n) is 11.3. The van der Waals surface area contributed by atoms with Gasteiger partial charge in [-0.3, -0.25) is 38.4 Å². The highest BCUT2D eigenvalue weighted by Crippen LogP contribution is 2.32. The number of nitrogens with two attached hydrogens (primary N) is 2. The second-order valence-corrected chi connectivity index (χ2v) is 16.8. The summed E-state index contributed by atoms with van der Waals surface area (Å²) in [6, 6.07) is 0.0475. The normalized spacial score (nSPS) is 23.8. The van der Waals surface area contributed by atoms with Crippen LogP contribution in [0.3, 0.4) is 0 Å². The minimum absolute atomic E-state index is 0.199. The molecule has 2 aromatic rings. The van der Waals surface area contributed by atoms with Crippen molar-refractivity contribution in [3.63, 3.8) is 0 Å². The molecule has 2 aliphatic heterocycles. The highest BCUT2D eigenvalue weighted by atomic mass is 32.2. The number of thioether (sulfide) groups is 1. The number of hydrogen-bond acceptors (Lipinski definition) is 14. The number of primary amides is 1. The van der Waals surface area contributed by atoms with Crippen LogP contribution in [0.2, 0.25) is 0 Å². The van der Waals surface area contributed by atoms with Crippen LogP contribution in [0, 0.1) is 29.1 Å². The van der Waals surface area contributed by atoms with Crippen molar-refractivity contribution in [3.8, 4) is 6.07 Å². The van der Waals surface area contributed by atoms with Gasteiger partial charge in [-0.25, -0.2) is 4.79 Å². The number of aliphatic carboxylic acids is 1. The van der Waals surface area contributed by atoms with E-state index in [0.29, 0.717) is 27.9 Å². The van der Waals surface area contributed by atoms with Crippen LogP contribution in [0.5, 0.6) is 0 Å². The van der Waals surface area contributed by atoms with Gasteiger partial charge in [0.15, 0.2) is 0 Å². The number of fused-ring (bicyclic) bond motifs is 3. The molecule has 2 aliphatic rings. The minimum atomic E-state index is -1.72. The van der Waals surface area contributed by atoms with E-state index in [-0.39, 0.29) is 25.1 Å². The number of aliphatic hydroxyl groups is 2. The largest absolute Gasteiger partial charge is 0.480 e. The van der Waals surface area contributed by atoms with Gasteiger partial charge in [0.1, 0.15) is 30.2 Å². The fourth-order valence-electron chi connectivity index (χ4n) is 7.20. The Kier molecular flexibility index (Phi) is 18.0. The van der Waals surface area contributed by atoms with Crippen molar-refractivity contribution in [1.82, 2.24) is 41.8 Å². The Balaban J connectivity index is 1.76. The first kappa shape index (κ1) is 50.4. The van der Waals surface area contributed by atoms with Gasteiger partial charge >= 0.3 is 5.97 Å². The zero-order valence-corrected chi connectivity index (χ0v) is 36.2. The van der Waals surface area contributed by atoms with Crippen molar-refractivity contribution in [2.45, 2.75) is 93.8 Å². The van der Waals surface area contributed by atoms with Gasteiger partial charge in [0, 0.05) is 35.5 Å². The number of nitriles is 1. The van der Waals surface area contributed by atoms with Crippen LogP contribution in [-0.4, -0.2) is 153 Å². The van der Waals surface area contributed by atoms with Gasteiger partial charge < -0.3 is 68.6 Å². The van der Waals surface area contributed by atoms with Gasteiger partial charge in [-0.2, -0.15) is 5.26 Å². The average Bonchev–Trinajstić information content (AvgIpc) is 3.87. The molecule has 0 spiro atoms. The molecule has 1 aromatic heterocycles. The number of hydrogen-bond donors (Lipinski definition) is 12. The molecule has 1 saturated heterocycles. The Hall–Kier alpha value is -6.29. The number of aliphatic hydroxyl groups excluding tert-OH is 2. The lowest BCUT2D eigenvalue weighted by atomic mass is 9.95. The Morgan fingerprint density at radius 3 is 2.31 bits per heavy atom. The number of carboxylic acids is 1. The Morgan fingerprint density at radius 1 is 1.03 bits per heavy atom. The SMILES string of the molecule is CC[C@H](C)[C@@H]1NC(=O)CNC(=O)[C@@H](NC(=O)[C@@H](N)[C@@H](C)[C@@H](O)CO)Cc2c([nH]c3ccccc23)SC[C@@H](C(=O)N[C@@H](CC(N)=O)C(=O)N2C[C@H](C#N)C[C@H]2C(=O)O)NC(=O)CNC1=O. The smallest absolute Gasteiger partial charge is 0.326 e. The molecule has 8 amide bonds. The quantitative estimate of drug-likeness (QED) is 0.0913. The van der Waals surface area contributed by atoms with Crippen molar-refractivity contribution in [3.05, 3.63) is 29.8 Å². The first-order chi connectivity index (χ1) is 30.3. The van der Waals surface area contributed by atoms with Crippen LogP contribution < -0.4 is 43.4 Å². The van der Waals surface area contributed by atoms with E-state index < -0.39 is 139 Å². The predicted molar refractivity (Wildman–Crippen MR) is 227 cm³/mol. The number of rotatable bonds is 13. The van der Waals surface area contributed by atoms with E-state index in [9.17, 15) is 63.7 Å². The zero-order valence-electron chi connectivity index (χ0n) is 35.4. The lowest BCUT2D eigenvalue weighted by molar-refractivity contribution is -0.149. The summed E-state index contributed by atoms with van der Waals surface area (Å²) >= 11 is 0.972. The molecule has 10 atom stereocenters. The summed E-state index contributed by atoms with van der Waals surface area (Å²) in [5.41, 5.74) is 12.6. The van der Waals surface area contributed by atoms with Crippen LogP contribution >= 0.6 is 11.8 Å². The molecule has 23 nitrogen and oxygen atoms in total. The third kappa shape index (κ3) is 12.9. The third-order valence-corrected chi connectivity index (χ3v) is 12.4. The molecule has 14 N–H and O–H groups in total. The molecule has 348 valence electrons. The summed E-state index contributed by atoms with van der Waals surface area (Å²) < 4.78 is 0. The van der Waals surface area contributed by atoms with Crippen molar-refractivity contribution < 1.29 is 58.5 Å². The molecule has 1 fully saturated rings. The van der Waals surface area contributed by atoms with Gasteiger partial charge in [0.2, 0.25) is 47.3 Å². The van der Waals surface area contributed by atoms with E-state index in [4.69, 9.17) is 11.5 Å². The van der Waals surface area contributed by atoms with E-state index in [2.05, 4.69) is 36.9 Å². The Morgan fingerprint density at radius 2 is 1.69 bits per heavy atom.